The fourth-order valence-corrected chi connectivity index (χ4v) is 2.00. The van der Waals surface area contributed by atoms with E-state index in [2.05, 4.69) is 25.8 Å². The van der Waals surface area contributed by atoms with Crippen LogP contribution in [-0.4, -0.2) is 15.2 Å². The zero-order chi connectivity index (χ0) is 16.9. The minimum Gasteiger partial charge on any atom is -0.364 e. The fourth-order valence-electron chi connectivity index (χ4n) is 2.00. The summed E-state index contributed by atoms with van der Waals surface area (Å²) in [5, 5.41) is 12.7. The van der Waals surface area contributed by atoms with Crippen molar-refractivity contribution in [1.82, 2.24) is 15.2 Å². The molecule has 0 atom stereocenters. The monoisotopic (exact) mass is 331 g/mol. The SMILES string of the molecule is Fc1ccccc1CNc1cnnc(Nc2c(F)cccc2F)n1. The van der Waals surface area contributed by atoms with Gasteiger partial charge in [-0.2, -0.15) is 10.1 Å². The van der Waals surface area contributed by atoms with Crippen molar-refractivity contribution >= 4 is 17.5 Å². The number of anilines is 3. The lowest BCUT2D eigenvalue weighted by Crippen LogP contribution is -2.07. The van der Waals surface area contributed by atoms with E-state index in [1.165, 1.54) is 18.3 Å². The van der Waals surface area contributed by atoms with Gasteiger partial charge < -0.3 is 10.6 Å². The van der Waals surface area contributed by atoms with Crippen LogP contribution in [0.2, 0.25) is 0 Å². The van der Waals surface area contributed by atoms with Crippen LogP contribution in [0.1, 0.15) is 5.56 Å². The van der Waals surface area contributed by atoms with Crippen molar-refractivity contribution in [3.8, 4) is 0 Å². The Morgan fingerprint density at radius 3 is 2.33 bits per heavy atom. The summed E-state index contributed by atoms with van der Waals surface area (Å²) in [5.74, 6) is -1.70. The largest absolute Gasteiger partial charge is 0.364 e. The van der Waals surface area contributed by atoms with Gasteiger partial charge in [0, 0.05) is 12.1 Å². The van der Waals surface area contributed by atoms with Crippen LogP contribution in [0.25, 0.3) is 0 Å². The van der Waals surface area contributed by atoms with E-state index in [4.69, 9.17) is 0 Å². The van der Waals surface area contributed by atoms with E-state index >= 15 is 0 Å². The van der Waals surface area contributed by atoms with Crippen molar-refractivity contribution < 1.29 is 13.2 Å². The topological polar surface area (TPSA) is 62.7 Å². The molecule has 8 heteroatoms. The molecule has 0 amide bonds. The predicted octanol–water partition coefficient (Wildman–Crippen LogP) is 3.64. The van der Waals surface area contributed by atoms with Crippen molar-refractivity contribution in [2.24, 2.45) is 0 Å². The number of halogens is 3. The normalized spacial score (nSPS) is 10.5. The minimum atomic E-state index is -0.775. The quantitative estimate of drug-likeness (QED) is 0.747. The Morgan fingerprint density at radius 1 is 0.875 bits per heavy atom. The van der Waals surface area contributed by atoms with E-state index in [1.807, 2.05) is 0 Å². The average molecular weight is 331 g/mol. The van der Waals surface area contributed by atoms with Gasteiger partial charge in [0.1, 0.15) is 23.1 Å². The summed E-state index contributed by atoms with van der Waals surface area (Å²) < 4.78 is 40.8. The summed E-state index contributed by atoms with van der Waals surface area (Å²) in [5.41, 5.74) is 0.0799. The van der Waals surface area contributed by atoms with E-state index in [0.29, 0.717) is 5.56 Å². The molecule has 0 bridgehead atoms. The molecule has 24 heavy (non-hydrogen) atoms. The van der Waals surface area contributed by atoms with Crippen molar-refractivity contribution in [3.63, 3.8) is 0 Å². The van der Waals surface area contributed by atoms with E-state index in [-0.39, 0.29) is 29.8 Å². The van der Waals surface area contributed by atoms with Crippen molar-refractivity contribution in [2.45, 2.75) is 6.54 Å². The molecule has 1 aromatic heterocycles. The number of para-hydroxylation sites is 1. The second-order valence-corrected chi connectivity index (χ2v) is 4.83. The summed E-state index contributed by atoms with van der Waals surface area (Å²) in [6, 6.07) is 9.76. The molecule has 0 unspecified atom stereocenters. The first kappa shape index (κ1) is 15.7. The van der Waals surface area contributed by atoms with Crippen molar-refractivity contribution in [3.05, 3.63) is 71.7 Å². The van der Waals surface area contributed by atoms with Gasteiger partial charge in [0.2, 0.25) is 5.95 Å². The molecule has 0 aliphatic heterocycles. The molecule has 122 valence electrons. The number of benzene rings is 2. The lowest BCUT2D eigenvalue weighted by Gasteiger charge is -2.09. The zero-order valence-electron chi connectivity index (χ0n) is 12.3. The van der Waals surface area contributed by atoms with Crippen LogP contribution in [-0.2, 0) is 6.54 Å². The maximum Gasteiger partial charge on any atom is 0.249 e. The Kier molecular flexibility index (Phi) is 4.55. The third-order valence-electron chi connectivity index (χ3n) is 3.18. The molecule has 3 rings (SSSR count). The molecule has 2 aromatic carbocycles. The van der Waals surface area contributed by atoms with Crippen LogP contribution in [0.15, 0.2) is 48.7 Å². The Labute approximate surface area is 135 Å². The van der Waals surface area contributed by atoms with Gasteiger partial charge in [0.25, 0.3) is 0 Å². The summed E-state index contributed by atoms with van der Waals surface area (Å²) in [4.78, 5) is 4.04. The number of hydrogen-bond acceptors (Lipinski definition) is 5. The number of hydrogen-bond donors (Lipinski definition) is 2. The molecule has 0 aliphatic carbocycles. The standard InChI is InChI=1S/C16H12F3N5/c17-11-5-2-1-4-10(11)8-20-14-9-21-24-16(22-14)23-15-12(18)6-3-7-13(15)19/h1-7,9H,8H2,(H2,20,22,23,24). The number of rotatable bonds is 5. The Morgan fingerprint density at radius 2 is 1.58 bits per heavy atom. The van der Waals surface area contributed by atoms with Crippen LogP contribution in [0.5, 0.6) is 0 Å². The van der Waals surface area contributed by atoms with E-state index in [9.17, 15) is 13.2 Å². The predicted molar refractivity (Wildman–Crippen MR) is 83.2 cm³/mol. The lowest BCUT2D eigenvalue weighted by atomic mass is 10.2. The van der Waals surface area contributed by atoms with E-state index < -0.39 is 11.6 Å². The highest BCUT2D eigenvalue weighted by atomic mass is 19.1. The summed E-state index contributed by atoms with van der Waals surface area (Å²) in [6.07, 6.45) is 1.32. The molecule has 1 heterocycles. The van der Waals surface area contributed by atoms with Gasteiger partial charge in [-0.05, 0) is 18.2 Å². The summed E-state index contributed by atoms with van der Waals surface area (Å²) in [6.45, 7) is 0.179. The third-order valence-corrected chi connectivity index (χ3v) is 3.18. The van der Waals surface area contributed by atoms with Crippen molar-refractivity contribution in [1.29, 1.82) is 0 Å². The smallest absolute Gasteiger partial charge is 0.249 e. The van der Waals surface area contributed by atoms with Crippen LogP contribution in [0, 0.1) is 17.5 Å². The molecule has 3 aromatic rings. The van der Waals surface area contributed by atoms with Gasteiger partial charge in [-0.15, -0.1) is 5.10 Å². The van der Waals surface area contributed by atoms with Gasteiger partial charge in [-0.3, -0.25) is 0 Å². The second kappa shape index (κ2) is 6.95. The second-order valence-electron chi connectivity index (χ2n) is 4.83. The van der Waals surface area contributed by atoms with E-state index in [0.717, 1.165) is 12.1 Å². The van der Waals surface area contributed by atoms with E-state index in [1.54, 1.807) is 18.2 Å². The molecule has 0 radical (unpaired) electrons. The maximum atomic E-state index is 13.6. The molecular weight excluding hydrogens is 319 g/mol. The van der Waals surface area contributed by atoms with Gasteiger partial charge in [0.05, 0.1) is 6.20 Å². The molecule has 0 saturated carbocycles. The highest BCUT2D eigenvalue weighted by Gasteiger charge is 2.10. The molecule has 0 spiro atoms. The van der Waals surface area contributed by atoms with Gasteiger partial charge in [0.15, 0.2) is 5.82 Å². The van der Waals surface area contributed by atoms with Crippen LogP contribution >= 0.6 is 0 Å². The van der Waals surface area contributed by atoms with Crippen LogP contribution < -0.4 is 10.6 Å². The Hall–Kier alpha value is -3.16. The fraction of sp³-hybridized carbons (Fsp3) is 0.0625. The third kappa shape index (κ3) is 3.60. The maximum absolute atomic E-state index is 13.6. The highest BCUT2D eigenvalue weighted by Crippen LogP contribution is 2.21. The highest BCUT2D eigenvalue weighted by molar-refractivity contribution is 5.55. The number of aromatic nitrogens is 3. The minimum absolute atomic E-state index is 0.0856. The van der Waals surface area contributed by atoms with Crippen molar-refractivity contribution in [2.75, 3.05) is 10.6 Å². The molecule has 0 aliphatic rings. The molecule has 5 nitrogen and oxygen atoms in total. The first-order valence-electron chi connectivity index (χ1n) is 7.01. The zero-order valence-corrected chi connectivity index (χ0v) is 12.3. The molecule has 0 fully saturated rings. The van der Waals surface area contributed by atoms with Crippen LogP contribution in [0.4, 0.5) is 30.6 Å². The summed E-state index contributed by atoms with van der Waals surface area (Å²) in [7, 11) is 0. The van der Waals surface area contributed by atoms with Gasteiger partial charge >= 0.3 is 0 Å². The van der Waals surface area contributed by atoms with Crippen LogP contribution in [0.3, 0.4) is 0 Å². The first-order valence-corrected chi connectivity index (χ1v) is 7.01. The molecular formula is C16H12F3N5. The molecule has 2 N–H and O–H groups in total. The average Bonchev–Trinajstić information content (AvgIpc) is 2.58. The Bertz CT molecular complexity index is 836. The first-order chi connectivity index (χ1) is 11.6. The number of nitrogens with one attached hydrogen (secondary N) is 2. The van der Waals surface area contributed by atoms with Gasteiger partial charge in [-0.1, -0.05) is 24.3 Å². The Balaban J connectivity index is 1.74. The molecule has 0 saturated heterocycles. The number of nitrogens with zero attached hydrogens (tertiary/aromatic N) is 3. The van der Waals surface area contributed by atoms with Gasteiger partial charge in [-0.25, -0.2) is 13.2 Å². The summed E-state index contributed by atoms with van der Waals surface area (Å²) >= 11 is 0. The lowest BCUT2D eigenvalue weighted by molar-refractivity contribution is 0.590.